The Hall–Kier alpha value is -2.07. The predicted octanol–water partition coefficient (Wildman–Crippen LogP) is 3.17. The Bertz CT molecular complexity index is 796. The summed E-state index contributed by atoms with van der Waals surface area (Å²) in [6, 6.07) is 15.6. The smallest absolute Gasteiger partial charge is 0.253 e. The summed E-state index contributed by atoms with van der Waals surface area (Å²) in [4.78, 5) is 17.7. The first-order valence-corrected chi connectivity index (χ1v) is 7.58. The molecule has 1 aromatic carbocycles. The molecule has 0 fully saturated rings. The molecule has 2 aromatic heterocycles. The fourth-order valence-electron chi connectivity index (χ4n) is 2.26. The van der Waals surface area contributed by atoms with Crippen molar-refractivity contribution < 1.29 is 0 Å². The summed E-state index contributed by atoms with van der Waals surface area (Å²) in [5.41, 5.74) is 1.83. The first-order chi connectivity index (χ1) is 9.79. The third-order valence-corrected chi connectivity index (χ3v) is 4.01. The van der Waals surface area contributed by atoms with Crippen molar-refractivity contribution in [2.24, 2.45) is 0 Å². The summed E-state index contributed by atoms with van der Waals surface area (Å²) in [5.74, 6) is 0. The van der Waals surface area contributed by atoms with E-state index in [1.54, 1.807) is 28.6 Å². The molecular formula is C16H14N2OS. The molecule has 0 spiro atoms. The van der Waals surface area contributed by atoms with Gasteiger partial charge >= 0.3 is 0 Å². The maximum atomic E-state index is 12.3. The van der Waals surface area contributed by atoms with Crippen LogP contribution in [0.2, 0.25) is 0 Å². The van der Waals surface area contributed by atoms with Gasteiger partial charge in [0, 0.05) is 22.5 Å². The van der Waals surface area contributed by atoms with Gasteiger partial charge in [-0.1, -0.05) is 30.3 Å². The van der Waals surface area contributed by atoms with Crippen molar-refractivity contribution in [2.75, 3.05) is 6.26 Å². The van der Waals surface area contributed by atoms with Gasteiger partial charge in [-0.15, -0.1) is 11.8 Å². The number of hydrogen-bond acceptors (Lipinski definition) is 3. The van der Waals surface area contributed by atoms with E-state index in [0.717, 1.165) is 21.5 Å². The van der Waals surface area contributed by atoms with E-state index < -0.39 is 0 Å². The van der Waals surface area contributed by atoms with Gasteiger partial charge in [-0.2, -0.15) is 0 Å². The van der Waals surface area contributed by atoms with Crippen LogP contribution < -0.4 is 5.56 Å². The van der Waals surface area contributed by atoms with Gasteiger partial charge in [-0.3, -0.25) is 9.36 Å². The lowest BCUT2D eigenvalue weighted by molar-refractivity contribution is 0.779. The second kappa shape index (κ2) is 5.51. The second-order valence-electron chi connectivity index (χ2n) is 4.50. The standard InChI is InChI=1S/C16H14N2OS/c1-20-14-10-15(19)18(11-12-6-3-2-4-7-12)16-13(14)8-5-9-17-16/h2-10H,11H2,1H3. The van der Waals surface area contributed by atoms with E-state index in [9.17, 15) is 4.79 Å². The van der Waals surface area contributed by atoms with E-state index >= 15 is 0 Å². The summed E-state index contributed by atoms with van der Waals surface area (Å²) in [5, 5.41) is 1.02. The number of fused-ring (bicyclic) bond motifs is 1. The highest BCUT2D eigenvalue weighted by Gasteiger charge is 2.09. The summed E-state index contributed by atoms with van der Waals surface area (Å²) < 4.78 is 1.73. The van der Waals surface area contributed by atoms with Gasteiger partial charge < -0.3 is 0 Å². The van der Waals surface area contributed by atoms with E-state index in [1.165, 1.54) is 0 Å². The summed E-state index contributed by atoms with van der Waals surface area (Å²) in [6.07, 6.45) is 3.70. The lowest BCUT2D eigenvalue weighted by atomic mass is 10.2. The highest BCUT2D eigenvalue weighted by molar-refractivity contribution is 7.98. The number of thioether (sulfide) groups is 1. The Kier molecular flexibility index (Phi) is 3.56. The Balaban J connectivity index is 2.20. The van der Waals surface area contributed by atoms with E-state index in [-0.39, 0.29) is 5.56 Å². The first-order valence-electron chi connectivity index (χ1n) is 6.36. The quantitative estimate of drug-likeness (QED) is 0.692. The number of nitrogens with zero attached hydrogens (tertiary/aromatic N) is 2. The fourth-order valence-corrected chi connectivity index (χ4v) is 2.86. The maximum absolute atomic E-state index is 12.3. The molecule has 0 saturated heterocycles. The Labute approximate surface area is 121 Å². The summed E-state index contributed by atoms with van der Waals surface area (Å²) in [7, 11) is 0. The van der Waals surface area contributed by atoms with Crippen LogP contribution in [0, 0.1) is 0 Å². The van der Waals surface area contributed by atoms with Crippen LogP contribution in [0.1, 0.15) is 5.56 Å². The maximum Gasteiger partial charge on any atom is 0.253 e. The number of pyridine rings is 2. The molecule has 20 heavy (non-hydrogen) atoms. The van der Waals surface area contributed by atoms with Gasteiger partial charge in [0.25, 0.3) is 5.56 Å². The molecule has 4 heteroatoms. The predicted molar refractivity (Wildman–Crippen MR) is 83.3 cm³/mol. The van der Waals surface area contributed by atoms with Crippen LogP contribution in [0.15, 0.2) is 64.4 Å². The summed E-state index contributed by atoms with van der Waals surface area (Å²) >= 11 is 1.57. The molecule has 3 rings (SSSR count). The molecule has 0 amide bonds. The molecule has 2 heterocycles. The van der Waals surface area contributed by atoms with Gasteiger partial charge in [0.15, 0.2) is 0 Å². The van der Waals surface area contributed by atoms with Crippen molar-refractivity contribution >= 4 is 22.8 Å². The van der Waals surface area contributed by atoms with Crippen LogP contribution >= 0.6 is 11.8 Å². The average molecular weight is 282 g/mol. The zero-order valence-corrected chi connectivity index (χ0v) is 11.9. The first kappa shape index (κ1) is 12.9. The molecule has 3 nitrogen and oxygen atoms in total. The van der Waals surface area contributed by atoms with Crippen molar-refractivity contribution in [1.82, 2.24) is 9.55 Å². The van der Waals surface area contributed by atoms with Gasteiger partial charge in [0.2, 0.25) is 0 Å². The van der Waals surface area contributed by atoms with Gasteiger partial charge in [-0.05, 0) is 24.0 Å². The number of hydrogen-bond donors (Lipinski definition) is 0. The lowest BCUT2D eigenvalue weighted by Gasteiger charge is -2.11. The molecule has 0 radical (unpaired) electrons. The van der Waals surface area contributed by atoms with Crippen molar-refractivity contribution in [2.45, 2.75) is 11.4 Å². The molecule has 0 saturated carbocycles. The highest BCUT2D eigenvalue weighted by atomic mass is 32.2. The van der Waals surface area contributed by atoms with Crippen molar-refractivity contribution in [1.29, 1.82) is 0 Å². The van der Waals surface area contributed by atoms with Crippen LogP contribution in [-0.4, -0.2) is 15.8 Å². The van der Waals surface area contributed by atoms with Gasteiger partial charge in [-0.25, -0.2) is 4.98 Å². The molecule has 0 bridgehead atoms. The van der Waals surface area contributed by atoms with Gasteiger partial charge in [0.1, 0.15) is 5.65 Å². The Morgan fingerprint density at radius 2 is 1.95 bits per heavy atom. The molecule has 100 valence electrons. The Morgan fingerprint density at radius 3 is 2.70 bits per heavy atom. The van der Waals surface area contributed by atoms with Crippen LogP contribution in [0.3, 0.4) is 0 Å². The minimum Gasteiger partial charge on any atom is -0.288 e. The normalized spacial score (nSPS) is 10.8. The van der Waals surface area contributed by atoms with E-state index in [2.05, 4.69) is 4.98 Å². The molecule has 3 aromatic rings. The molecule has 0 aliphatic carbocycles. The fraction of sp³-hybridized carbons (Fsp3) is 0.125. The van der Waals surface area contributed by atoms with Crippen LogP contribution in [-0.2, 0) is 6.54 Å². The third-order valence-electron chi connectivity index (χ3n) is 3.23. The third kappa shape index (κ3) is 2.34. The van der Waals surface area contributed by atoms with E-state index in [0.29, 0.717) is 6.54 Å². The molecule has 0 aliphatic rings. The van der Waals surface area contributed by atoms with Crippen molar-refractivity contribution in [3.8, 4) is 0 Å². The molecule has 0 atom stereocenters. The van der Waals surface area contributed by atoms with E-state index in [1.807, 2.05) is 48.7 Å². The largest absolute Gasteiger partial charge is 0.288 e. The zero-order chi connectivity index (χ0) is 13.9. The highest BCUT2D eigenvalue weighted by Crippen LogP contribution is 2.23. The average Bonchev–Trinajstić information content (AvgIpc) is 2.51. The van der Waals surface area contributed by atoms with Crippen molar-refractivity contribution in [3.05, 3.63) is 70.6 Å². The molecule has 0 N–H and O–H groups in total. The van der Waals surface area contributed by atoms with Crippen molar-refractivity contribution in [3.63, 3.8) is 0 Å². The Morgan fingerprint density at radius 1 is 1.15 bits per heavy atom. The molecule has 0 aliphatic heterocycles. The number of rotatable bonds is 3. The zero-order valence-electron chi connectivity index (χ0n) is 11.1. The second-order valence-corrected chi connectivity index (χ2v) is 5.35. The van der Waals surface area contributed by atoms with Gasteiger partial charge in [0.05, 0.1) is 6.54 Å². The minimum atomic E-state index is -0.00981. The SMILES string of the molecule is CSc1cc(=O)n(Cc2ccccc2)c2ncccc12. The number of benzene rings is 1. The van der Waals surface area contributed by atoms with Crippen LogP contribution in [0.25, 0.3) is 11.0 Å². The topological polar surface area (TPSA) is 34.9 Å². The molecular weight excluding hydrogens is 268 g/mol. The van der Waals surface area contributed by atoms with Crippen LogP contribution in [0.4, 0.5) is 0 Å². The monoisotopic (exact) mass is 282 g/mol. The lowest BCUT2D eigenvalue weighted by Crippen LogP contribution is -2.21. The minimum absolute atomic E-state index is 0.00981. The van der Waals surface area contributed by atoms with E-state index in [4.69, 9.17) is 0 Å². The van der Waals surface area contributed by atoms with Crippen LogP contribution in [0.5, 0.6) is 0 Å². The number of aromatic nitrogens is 2. The summed E-state index contributed by atoms with van der Waals surface area (Å²) in [6.45, 7) is 0.543. The molecule has 0 unspecified atom stereocenters.